The first kappa shape index (κ1) is 20.5. The van der Waals surface area contributed by atoms with E-state index >= 15 is 0 Å². The molecule has 0 spiro atoms. The number of rotatable bonds is 5. The van der Waals surface area contributed by atoms with E-state index in [0.717, 1.165) is 17.3 Å². The normalized spacial score (nSPS) is 18.5. The molecule has 2 heterocycles. The second-order valence-corrected chi connectivity index (χ2v) is 9.28. The molecule has 1 aliphatic heterocycles. The van der Waals surface area contributed by atoms with Crippen molar-refractivity contribution in [2.45, 2.75) is 57.7 Å². The predicted molar refractivity (Wildman–Crippen MR) is 114 cm³/mol. The van der Waals surface area contributed by atoms with Crippen molar-refractivity contribution in [2.75, 3.05) is 10.6 Å². The number of nitro groups is 1. The van der Waals surface area contributed by atoms with Crippen molar-refractivity contribution in [3.8, 4) is 0 Å². The smallest absolute Gasteiger partial charge is 0.353 e. The first-order valence-corrected chi connectivity index (χ1v) is 9.92. The summed E-state index contributed by atoms with van der Waals surface area (Å²) < 4.78 is 0.791. The molecule has 0 bridgehead atoms. The molecule has 1 aromatic heterocycles. The number of benzene rings is 1. The van der Waals surface area contributed by atoms with Crippen LogP contribution in [0.1, 0.15) is 40.5 Å². The van der Waals surface area contributed by atoms with Gasteiger partial charge in [-0.1, -0.05) is 12.1 Å². The molecule has 1 fully saturated rings. The van der Waals surface area contributed by atoms with Crippen molar-refractivity contribution >= 4 is 38.9 Å². The van der Waals surface area contributed by atoms with Gasteiger partial charge in [-0.15, -0.1) is 0 Å². The Balaban J connectivity index is 1.92. The monoisotopic (exact) mass is 448 g/mol. The zero-order chi connectivity index (χ0) is 20.5. The second kappa shape index (κ2) is 7.63. The van der Waals surface area contributed by atoms with Crippen LogP contribution in [-0.2, 0) is 0 Å². The Morgan fingerprint density at radius 3 is 2.36 bits per heavy atom. The highest BCUT2D eigenvalue weighted by molar-refractivity contribution is 9.10. The van der Waals surface area contributed by atoms with Gasteiger partial charge in [0.1, 0.15) is 6.33 Å². The van der Waals surface area contributed by atoms with E-state index in [-0.39, 0.29) is 34.4 Å². The Labute approximate surface area is 172 Å². The maximum Gasteiger partial charge on any atom is 0.353 e. The molecule has 150 valence electrons. The first-order valence-electron chi connectivity index (χ1n) is 9.13. The minimum atomic E-state index is -0.446. The number of aromatic nitrogens is 2. The molecule has 0 aliphatic carbocycles. The summed E-state index contributed by atoms with van der Waals surface area (Å²) in [5, 5.41) is 21.8. The average molecular weight is 449 g/mol. The summed E-state index contributed by atoms with van der Waals surface area (Å²) >= 11 is 3.44. The number of halogens is 1. The third-order valence-corrected chi connectivity index (χ3v) is 5.35. The molecule has 1 aliphatic rings. The van der Waals surface area contributed by atoms with Crippen molar-refractivity contribution in [1.82, 2.24) is 15.3 Å². The predicted octanol–water partition coefficient (Wildman–Crippen LogP) is 4.61. The highest BCUT2D eigenvalue weighted by atomic mass is 79.9. The number of anilines is 3. The molecule has 3 N–H and O–H groups in total. The zero-order valence-electron chi connectivity index (χ0n) is 16.4. The molecule has 0 unspecified atom stereocenters. The van der Waals surface area contributed by atoms with Crippen LogP contribution in [-0.4, -0.2) is 32.0 Å². The summed E-state index contributed by atoms with van der Waals surface area (Å²) in [7, 11) is 0. The number of piperidine rings is 1. The summed E-state index contributed by atoms with van der Waals surface area (Å²) in [5.74, 6) is 0.384. The summed E-state index contributed by atoms with van der Waals surface area (Å²) in [4.78, 5) is 19.7. The number of nitrogens with zero attached hydrogens (tertiary/aromatic N) is 3. The highest BCUT2D eigenvalue weighted by Crippen LogP contribution is 2.36. The van der Waals surface area contributed by atoms with Gasteiger partial charge in [0.2, 0.25) is 11.6 Å². The molecule has 0 saturated carbocycles. The molecule has 1 saturated heterocycles. The number of nitrogens with one attached hydrogen (secondary N) is 3. The van der Waals surface area contributed by atoms with E-state index in [1.54, 1.807) is 0 Å². The molecule has 2 aromatic rings. The Hall–Kier alpha value is -2.26. The van der Waals surface area contributed by atoms with Crippen LogP contribution in [0.15, 0.2) is 35.1 Å². The van der Waals surface area contributed by atoms with E-state index < -0.39 is 4.92 Å². The molecule has 28 heavy (non-hydrogen) atoms. The van der Waals surface area contributed by atoms with Gasteiger partial charge in [-0.2, -0.15) is 0 Å². The van der Waals surface area contributed by atoms with Crippen LogP contribution in [0.5, 0.6) is 0 Å². The van der Waals surface area contributed by atoms with E-state index in [2.05, 4.69) is 69.5 Å². The van der Waals surface area contributed by atoms with Gasteiger partial charge in [0.25, 0.3) is 0 Å². The van der Waals surface area contributed by atoms with E-state index in [4.69, 9.17) is 0 Å². The molecular weight excluding hydrogens is 424 g/mol. The van der Waals surface area contributed by atoms with Crippen molar-refractivity contribution in [1.29, 1.82) is 0 Å². The van der Waals surface area contributed by atoms with E-state index in [9.17, 15) is 10.1 Å². The molecule has 1 aromatic carbocycles. The summed E-state index contributed by atoms with van der Waals surface area (Å²) in [6.45, 7) is 8.54. The van der Waals surface area contributed by atoms with Crippen molar-refractivity contribution in [3.05, 3.63) is 45.2 Å². The third-order valence-electron chi connectivity index (χ3n) is 4.66. The average Bonchev–Trinajstić information content (AvgIpc) is 2.54. The van der Waals surface area contributed by atoms with Crippen LogP contribution in [0.3, 0.4) is 0 Å². The van der Waals surface area contributed by atoms with E-state index in [1.165, 1.54) is 6.33 Å². The molecule has 0 atom stereocenters. The van der Waals surface area contributed by atoms with Crippen LogP contribution >= 0.6 is 15.9 Å². The lowest BCUT2D eigenvalue weighted by Gasteiger charge is -2.46. The Bertz CT molecular complexity index is 870. The van der Waals surface area contributed by atoms with Gasteiger partial charge in [-0.05, 0) is 68.6 Å². The first-order chi connectivity index (χ1) is 13.1. The number of hydrogen-bond acceptors (Lipinski definition) is 7. The van der Waals surface area contributed by atoms with Gasteiger partial charge in [-0.25, -0.2) is 9.97 Å². The van der Waals surface area contributed by atoms with Crippen LogP contribution in [0.2, 0.25) is 0 Å². The van der Waals surface area contributed by atoms with E-state index in [0.29, 0.717) is 5.69 Å². The van der Waals surface area contributed by atoms with Gasteiger partial charge >= 0.3 is 5.69 Å². The topological polar surface area (TPSA) is 105 Å². The van der Waals surface area contributed by atoms with Crippen molar-refractivity contribution in [3.63, 3.8) is 0 Å². The largest absolute Gasteiger partial charge is 0.361 e. The Morgan fingerprint density at radius 2 is 1.75 bits per heavy atom. The van der Waals surface area contributed by atoms with Gasteiger partial charge in [0, 0.05) is 21.6 Å². The lowest BCUT2D eigenvalue weighted by Crippen LogP contribution is -2.60. The maximum atomic E-state index is 11.8. The molecule has 0 amide bonds. The second-order valence-electron chi connectivity index (χ2n) is 8.42. The Kier molecular flexibility index (Phi) is 5.58. The Morgan fingerprint density at radius 1 is 1.14 bits per heavy atom. The minimum Gasteiger partial charge on any atom is -0.361 e. The summed E-state index contributed by atoms with van der Waals surface area (Å²) in [6, 6.07) is 7.45. The molecular formula is C19H25BrN6O2. The summed E-state index contributed by atoms with van der Waals surface area (Å²) in [6.07, 6.45) is 2.99. The lowest BCUT2D eigenvalue weighted by atomic mass is 9.79. The minimum absolute atomic E-state index is 0.0520. The quantitative estimate of drug-likeness (QED) is 0.452. The van der Waals surface area contributed by atoms with Gasteiger partial charge < -0.3 is 16.0 Å². The van der Waals surface area contributed by atoms with Crippen LogP contribution in [0.25, 0.3) is 0 Å². The van der Waals surface area contributed by atoms with Crippen molar-refractivity contribution in [2.24, 2.45) is 0 Å². The summed E-state index contributed by atoms with van der Waals surface area (Å²) in [5.41, 5.74) is 0.362. The van der Waals surface area contributed by atoms with Gasteiger partial charge in [0.05, 0.1) is 10.6 Å². The number of hydrogen-bond donors (Lipinski definition) is 3. The highest BCUT2D eigenvalue weighted by Gasteiger charge is 2.38. The third kappa shape index (κ3) is 4.77. The van der Waals surface area contributed by atoms with Crippen LogP contribution in [0, 0.1) is 10.1 Å². The molecule has 8 nitrogen and oxygen atoms in total. The fourth-order valence-electron chi connectivity index (χ4n) is 4.06. The molecule has 3 rings (SSSR count). The van der Waals surface area contributed by atoms with Gasteiger partial charge in [0.15, 0.2) is 0 Å². The molecule has 9 heteroatoms. The van der Waals surface area contributed by atoms with E-state index in [1.807, 2.05) is 24.3 Å². The van der Waals surface area contributed by atoms with Crippen LogP contribution < -0.4 is 16.0 Å². The van der Waals surface area contributed by atoms with Crippen LogP contribution in [0.4, 0.5) is 23.0 Å². The maximum absolute atomic E-state index is 11.8. The fraction of sp³-hybridized carbons (Fsp3) is 0.474. The van der Waals surface area contributed by atoms with Gasteiger partial charge in [-0.3, -0.25) is 10.1 Å². The van der Waals surface area contributed by atoms with Crippen molar-refractivity contribution < 1.29 is 4.92 Å². The molecule has 0 radical (unpaired) electrons. The standard InChI is InChI=1S/C19H25BrN6O2/c1-18(2)9-12(10-19(3,4)25-18)23-16-15(26(27)28)17(22-11-21-16)24-14-8-6-5-7-13(14)20/h5-8,11-12,25H,9-10H2,1-4H3,(H2,21,22,23,24). The lowest BCUT2D eigenvalue weighted by molar-refractivity contribution is -0.383. The fourth-order valence-corrected chi connectivity index (χ4v) is 4.44. The zero-order valence-corrected chi connectivity index (χ0v) is 18.0. The number of para-hydroxylation sites is 1. The SMILES string of the molecule is CC1(C)CC(Nc2ncnc(Nc3ccccc3Br)c2[N+](=O)[O-])CC(C)(C)N1.